The zero-order valence-electron chi connectivity index (χ0n) is 34.0. The molecule has 1 fully saturated rings. The number of aromatic hydroxyl groups is 3. The monoisotopic (exact) mass is 778 g/mol. The van der Waals surface area contributed by atoms with E-state index in [1.54, 1.807) is 50.3 Å². The van der Waals surface area contributed by atoms with Crippen LogP contribution in [0.4, 0.5) is 5.69 Å². The predicted molar refractivity (Wildman–Crippen MR) is 214 cm³/mol. The van der Waals surface area contributed by atoms with Crippen LogP contribution in [0.1, 0.15) is 70.0 Å². The summed E-state index contributed by atoms with van der Waals surface area (Å²) in [7, 11) is 3.55. The molecule has 0 spiro atoms. The van der Waals surface area contributed by atoms with Crippen molar-refractivity contribution in [2.75, 3.05) is 45.7 Å². The SMILES string of the molecule is CO[C@H]1/C=C/O[C@@]2(C)Oc3c(C)c(O)c4c(O)c(c(/C=N\N5CCN(C)CC5)c(O)c4c3C2=O)NC(=O)C(C)=C/C=C/[C@H](C)[C@H](O)[C@@H](C)[C@H](O)[C@H](C)[C@H](C)[C@@H]1C. The zero-order valence-corrected chi connectivity index (χ0v) is 34.0. The Morgan fingerprint density at radius 3 is 2.20 bits per heavy atom. The van der Waals surface area contributed by atoms with Crippen LogP contribution in [-0.4, -0.2) is 118 Å². The number of aliphatic hydroxyl groups is 2. The van der Waals surface area contributed by atoms with E-state index >= 15 is 0 Å². The third-order valence-corrected chi connectivity index (χ3v) is 12.2. The van der Waals surface area contributed by atoms with Gasteiger partial charge in [0, 0.05) is 68.6 Å². The van der Waals surface area contributed by atoms with Crippen LogP contribution in [0.3, 0.4) is 0 Å². The number of nitrogens with zero attached hydrogens (tertiary/aromatic N) is 3. The van der Waals surface area contributed by atoms with E-state index in [1.807, 2.05) is 34.7 Å². The standard InChI is InChI=1S/C42H58N4O10/c1-21-12-11-13-22(2)41(53)44-33-28(20-43-46-17-15-45(9)16-18-46)37(50)30-31(38(33)51)36(49)27(7)39-32(30)40(52)42(8,56-39)55-19-14-29(54-10)24(4)23(3)25(5)35(48)26(6)34(21)47/h11-14,19-21,23-26,29,34-35,47-51H,15-18H2,1-10H3,(H,44,53)/b12-11+,19-14+,22-13?,43-20-/t21-,23+,24-,25+,26+,29-,34-,35+,42-/m0/s1. The number of Topliss-reactive ketones (excluding diaryl/α,β-unsaturated/α-hetero) is 1. The van der Waals surface area contributed by atoms with Gasteiger partial charge in [0.25, 0.3) is 11.7 Å². The van der Waals surface area contributed by atoms with E-state index in [-0.39, 0.29) is 68.1 Å². The molecule has 14 nitrogen and oxygen atoms in total. The Labute approximate surface area is 328 Å². The third kappa shape index (κ3) is 7.97. The summed E-state index contributed by atoms with van der Waals surface area (Å²) in [6, 6.07) is 0. The molecular formula is C42H58N4O10. The second kappa shape index (κ2) is 16.8. The molecule has 0 saturated carbocycles. The highest BCUT2D eigenvalue weighted by atomic mass is 16.7. The van der Waals surface area contributed by atoms with Crippen LogP contribution in [0, 0.1) is 36.5 Å². The van der Waals surface area contributed by atoms with E-state index in [1.165, 1.54) is 26.3 Å². The van der Waals surface area contributed by atoms with Crippen LogP contribution < -0.4 is 10.1 Å². The fourth-order valence-corrected chi connectivity index (χ4v) is 7.75. The third-order valence-electron chi connectivity index (χ3n) is 12.2. The summed E-state index contributed by atoms with van der Waals surface area (Å²) in [6.45, 7) is 16.7. The number of methoxy groups -OCH3 is 1. The summed E-state index contributed by atoms with van der Waals surface area (Å²) in [5, 5.41) is 66.7. The summed E-state index contributed by atoms with van der Waals surface area (Å²) in [6.07, 6.45) is 6.94. The number of carbonyl (C=O) groups excluding carboxylic acids is 2. The first-order valence-corrected chi connectivity index (χ1v) is 19.2. The number of rotatable bonds is 3. The van der Waals surface area contributed by atoms with Gasteiger partial charge in [-0.2, -0.15) is 5.10 Å². The Bertz CT molecular complexity index is 1950. The average Bonchev–Trinajstić information content (AvgIpc) is 3.44. The highest BCUT2D eigenvalue weighted by molar-refractivity contribution is 6.23. The Morgan fingerprint density at radius 1 is 0.893 bits per heavy atom. The van der Waals surface area contributed by atoms with Crippen molar-refractivity contribution in [1.29, 1.82) is 0 Å². The van der Waals surface area contributed by atoms with Crippen LogP contribution in [0.5, 0.6) is 23.0 Å². The van der Waals surface area contributed by atoms with Gasteiger partial charge >= 0.3 is 5.79 Å². The topological polar surface area (TPSA) is 194 Å². The second-order valence-corrected chi connectivity index (χ2v) is 15.9. The lowest BCUT2D eigenvalue weighted by atomic mass is 9.74. The molecule has 0 radical (unpaired) electrons. The number of benzene rings is 2. The van der Waals surface area contributed by atoms with Crippen molar-refractivity contribution in [2.24, 2.45) is 34.7 Å². The normalized spacial score (nSPS) is 32.4. The zero-order chi connectivity index (χ0) is 41.4. The fraction of sp³-hybridized carbons (Fsp3) is 0.548. The molecule has 5 bridgehead atoms. The van der Waals surface area contributed by atoms with Crippen molar-refractivity contribution in [3.05, 3.63) is 52.8 Å². The lowest BCUT2D eigenvalue weighted by Crippen LogP contribution is -2.41. The number of piperazine rings is 1. The van der Waals surface area contributed by atoms with Gasteiger partial charge in [-0.25, -0.2) is 0 Å². The van der Waals surface area contributed by atoms with Crippen LogP contribution in [0.25, 0.3) is 10.8 Å². The van der Waals surface area contributed by atoms with Crippen LogP contribution in [0.15, 0.2) is 41.2 Å². The van der Waals surface area contributed by atoms with Gasteiger partial charge in [0.05, 0.1) is 53.0 Å². The van der Waals surface area contributed by atoms with E-state index < -0.39 is 59.0 Å². The molecule has 4 heterocycles. The first-order chi connectivity index (χ1) is 26.3. The lowest BCUT2D eigenvalue weighted by molar-refractivity contribution is -0.112. The number of hydrogen-bond donors (Lipinski definition) is 6. The van der Waals surface area contributed by atoms with Crippen molar-refractivity contribution in [3.63, 3.8) is 0 Å². The molecule has 1 amide bonds. The molecular weight excluding hydrogens is 720 g/mol. The minimum atomic E-state index is -1.95. The number of ketones is 1. The van der Waals surface area contributed by atoms with E-state index in [0.29, 0.717) is 13.1 Å². The van der Waals surface area contributed by atoms with Gasteiger partial charge in [-0.15, -0.1) is 0 Å². The van der Waals surface area contributed by atoms with E-state index in [9.17, 15) is 35.1 Å². The largest absolute Gasteiger partial charge is 0.507 e. The number of aliphatic hydroxyl groups excluding tert-OH is 2. The number of hydrazone groups is 1. The molecule has 0 aromatic heterocycles. The molecule has 306 valence electrons. The molecule has 9 atom stereocenters. The highest BCUT2D eigenvalue weighted by Crippen LogP contribution is 2.55. The Morgan fingerprint density at radius 2 is 1.55 bits per heavy atom. The molecule has 2 aromatic rings. The number of phenols is 3. The van der Waals surface area contributed by atoms with E-state index in [0.717, 1.165) is 13.1 Å². The number of likely N-dealkylation sites (N-methyl/N-ethyl adjacent to an activating group) is 1. The molecule has 4 aliphatic heterocycles. The number of carbonyl (C=O) groups is 2. The van der Waals surface area contributed by atoms with Gasteiger partial charge in [0.2, 0.25) is 0 Å². The quantitative estimate of drug-likeness (QED) is 0.138. The molecule has 2 aromatic carbocycles. The van der Waals surface area contributed by atoms with Crippen molar-refractivity contribution in [3.8, 4) is 23.0 Å². The van der Waals surface area contributed by atoms with Crippen molar-refractivity contribution in [2.45, 2.75) is 79.5 Å². The number of ether oxygens (including phenoxy) is 3. The molecule has 1 saturated heterocycles. The van der Waals surface area contributed by atoms with E-state index in [4.69, 9.17) is 14.2 Å². The van der Waals surface area contributed by atoms with Crippen molar-refractivity contribution >= 4 is 34.4 Å². The summed E-state index contributed by atoms with van der Waals surface area (Å²) in [5.41, 5.74) is -0.140. The van der Waals surface area contributed by atoms with Crippen molar-refractivity contribution < 1.29 is 49.3 Å². The molecule has 4 aliphatic rings. The summed E-state index contributed by atoms with van der Waals surface area (Å²) in [4.78, 5) is 30.2. The molecule has 0 unspecified atom stereocenters. The Balaban J connectivity index is 1.70. The smallest absolute Gasteiger partial charge is 0.312 e. The summed E-state index contributed by atoms with van der Waals surface area (Å²) < 4.78 is 17.9. The minimum Gasteiger partial charge on any atom is -0.507 e. The summed E-state index contributed by atoms with van der Waals surface area (Å²) >= 11 is 0. The van der Waals surface area contributed by atoms with Crippen LogP contribution >= 0.6 is 0 Å². The maximum atomic E-state index is 14.4. The highest BCUT2D eigenvalue weighted by Gasteiger charge is 2.50. The molecule has 56 heavy (non-hydrogen) atoms. The van der Waals surface area contributed by atoms with Gasteiger partial charge in [-0.1, -0.05) is 52.8 Å². The van der Waals surface area contributed by atoms with Gasteiger partial charge in [-0.3, -0.25) is 14.6 Å². The number of fused-ring (bicyclic) bond motifs is 14. The van der Waals surface area contributed by atoms with Gasteiger partial charge in [0.15, 0.2) is 5.75 Å². The molecule has 14 heteroatoms. The summed E-state index contributed by atoms with van der Waals surface area (Å²) in [5.74, 6) is -6.29. The van der Waals surface area contributed by atoms with Crippen LogP contribution in [-0.2, 0) is 14.3 Å². The fourth-order valence-electron chi connectivity index (χ4n) is 7.75. The number of hydrogen-bond acceptors (Lipinski definition) is 13. The van der Waals surface area contributed by atoms with Crippen molar-refractivity contribution in [1.82, 2.24) is 9.91 Å². The first-order valence-electron chi connectivity index (χ1n) is 19.2. The average molecular weight is 779 g/mol. The first kappa shape index (κ1) is 42.5. The van der Waals surface area contributed by atoms with E-state index in [2.05, 4.69) is 15.3 Å². The number of nitrogens with one attached hydrogen (secondary N) is 1. The lowest BCUT2D eigenvalue weighted by Gasteiger charge is -2.37. The van der Waals surface area contributed by atoms with Gasteiger partial charge in [0.1, 0.15) is 17.2 Å². The number of phenolic OH excluding ortho intramolecular Hbond substituents is 3. The molecule has 0 aliphatic carbocycles. The minimum absolute atomic E-state index is 0.0425. The van der Waals surface area contributed by atoms with Crippen LogP contribution in [0.2, 0.25) is 0 Å². The molecule has 6 N–H and O–H groups in total. The second-order valence-electron chi connectivity index (χ2n) is 15.9. The van der Waals surface area contributed by atoms with Gasteiger partial charge < -0.3 is 50.0 Å². The maximum Gasteiger partial charge on any atom is 0.312 e. The predicted octanol–water partition coefficient (Wildman–Crippen LogP) is 5.04. The number of allylic oxidation sites excluding steroid dienone is 2. The van der Waals surface area contributed by atoms with Gasteiger partial charge in [-0.05, 0) is 44.7 Å². The number of anilines is 1. The maximum absolute atomic E-state index is 14.4. The number of amides is 1. The Kier molecular flexibility index (Phi) is 12.8. The molecule has 6 rings (SSSR count). The Hall–Kier alpha value is -4.63.